The van der Waals surface area contributed by atoms with Gasteiger partial charge in [0, 0.05) is 49.3 Å². The second-order valence-electron chi connectivity index (χ2n) is 7.34. The molecule has 0 saturated carbocycles. The van der Waals surface area contributed by atoms with Crippen LogP contribution in [0.15, 0.2) is 64.0 Å². The lowest BCUT2D eigenvalue weighted by Gasteiger charge is -2.36. The third-order valence-corrected chi connectivity index (χ3v) is 7.19. The van der Waals surface area contributed by atoms with Gasteiger partial charge in [0.15, 0.2) is 0 Å². The van der Waals surface area contributed by atoms with Gasteiger partial charge >= 0.3 is 0 Å². The number of carbonyl (C=O) groups is 2. The van der Waals surface area contributed by atoms with Crippen LogP contribution >= 0.6 is 39.9 Å². The molecule has 2 aliphatic heterocycles. The molecule has 2 aromatic carbocycles. The smallest absolute Gasteiger partial charge is 0.266 e. The topological polar surface area (TPSA) is 43.9 Å². The molecule has 0 aromatic heterocycles. The van der Waals surface area contributed by atoms with Crippen molar-refractivity contribution >= 4 is 67.8 Å². The monoisotopic (exact) mass is 515 g/mol. The zero-order chi connectivity index (χ0) is 21.8. The molecule has 8 heteroatoms. The van der Waals surface area contributed by atoms with Gasteiger partial charge < -0.3 is 9.80 Å². The van der Waals surface area contributed by atoms with Crippen LogP contribution in [-0.2, 0) is 9.59 Å². The Bertz CT molecular complexity index is 1020. The highest BCUT2D eigenvalue weighted by Crippen LogP contribution is 2.33. The van der Waals surface area contributed by atoms with Crippen molar-refractivity contribution in [2.75, 3.05) is 37.6 Å². The van der Waals surface area contributed by atoms with Gasteiger partial charge in [0.1, 0.15) is 4.32 Å². The van der Waals surface area contributed by atoms with Gasteiger partial charge in [0.05, 0.1) is 4.91 Å². The number of halogens is 1. The molecule has 2 aliphatic rings. The van der Waals surface area contributed by atoms with Crippen molar-refractivity contribution in [3.8, 4) is 0 Å². The molecular weight excluding hydrogens is 494 g/mol. The van der Waals surface area contributed by atoms with E-state index in [1.807, 2.05) is 53.4 Å². The standard InChI is InChI=1S/C23H22BrN3O2S2/c24-18-6-4-5-17(15-18)16-20-22(29)27(23(30)31-20)10-9-21(28)26-13-11-25(12-14-26)19-7-2-1-3-8-19/h1-8,15-16H,9-14H2. The third-order valence-electron chi connectivity index (χ3n) is 5.32. The van der Waals surface area contributed by atoms with Crippen molar-refractivity contribution < 1.29 is 9.59 Å². The number of para-hydroxylation sites is 1. The predicted octanol–water partition coefficient (Wildman–Crippen LogP) is 4.39. The van der Waals surface area contributed by atoms with Crippen LogP contribution < -0.4 is 4.90 Å². The molecule has 0 N–H and O–H groups in total. The Hall–Kier alpha value is -2.16. The fourth-order valence-corrected chi connectivity index (χ4v) is 5.38. The Morgan fingerprint density at radius 1 is 1.06 bits per heavy atom. The maximum absolute atomic E-state index is 12.8. The quantitative estimate of drug-likeness (QED) is 0.436. The lowest BCUT2D eigenvalue weighted by Crippen LogP contribution is -2.49. The highest BCUT2D eigenvalue weighted by Gasteiger charge is 2.32. The fourth-order valence-electron chi connectivity index (χ4n) is 3.66. The van der Waals surface area contributed by atoms with Crippen molar-refractivity contribution in [2.45, 2.75) is 6.42 Å². The third kappa shape index (κ3) is 5.37. The van der Waals surface area contributed by atoms with Gasteiger partial charge in [-0.15, -0.1) is 0 Å². The molecule has 2 saturated heterocycles. The first-order valence-corrected chi connectivity index (χ1v) is 12.1. The van der Waals surface area contributed by atoms with E-state index in [9.17, 15) is 9.59 Å². The van der Waals surface area contributed by atoms with Gasteiger partial charge in [-0.1, -0.05) is 70.2 Å². The summed E-state index contributed by atoms with van der Waals surface area (Å²) < 4.78 is 1.46. The first kappa shape index (κ1) is 22.0. The van der Waals surface area contributed by atoms with Gasteiger partial charge in [-0.05, 0) is 35.9 Å². The van der Waals surface area contributed by atoms with E-state index in [0.717, 1.165) is 23.1 Å². The van der Waals surface area contributed by atoms with Gasteiger partial charge in [0.2, 0.25) is 5.91 Å². The van der Waals surface area contributed by atoms with E-state index in [-0.39, 0.29) is 18.2 Å². The Morgan fingerprint density at radius 2 is 1.81 bits per heavy atom. The van der Waals surface area contributed by atoms with E-state index in [0.29, 0.717) is 28.9 Å². The number of amides is 2. The van der Waals surface area contributed by atoms with Gasteiger partial charge in [-0.25, -0.2) is 0 Å². The molecule has 0 radical (unpaired) electrons. The molecule has 160 valence electrons. The first-order valence-electron chi connectivity index (χ1n) is 10.1. The number of rotatable bonds is 5. The number of anilines is 1. The van der Waals surface area contributed by atoms with Crippen LogP contribution in [0, 0.1) is 0 Å². The Balaban J connectivity index is 1.30. The number of benzene rings is 2. The van der Waals surface area contributed by atoms with Crippen LogP contribution in [0.1, 0.15) is 12.0 Å². The summed E-state index contributed by atoms with van der Waals surface area (Å²) >= 11 is 10.1. The fraction of sp³-hybridized carbons (Fsp3) is 0.261. The summed E-state index contributed by atoms with van der Waals surface area (Å²) in [6, 6.07) is 18.0. The van der Waals surface area contributed by atoms with Crippen LogP contribution in [0.4, 0.5) is 5.69 Å². The highest BCUT2D eigenvalue weighted by molar-refractivity contribution is 9.10. The minimum atomic E-state index is -0.128. The summed E-state index contributed by atoms with van der Waals surface area (Å²) in [4.78, 5) is 31.8. The molecule has 4 rings (SSSR count). The maximum atomic E-state index is 12.8. The SMILES string of the molecule is O=C(CCN1C(=O)C(=Cc2cccc(Br)c2)SC1=S)N1CCN(c2ccccc2)CC1. The number of thioether (sulfide) groups is 1. The van der Waals surface area contributed by atoms with E-state index in [1.54, 1.807) is 4.90 Å². The number of hydrogen-bond donors (Lipinski definition) is 0. The number of piperazine rings is 1. The number of carbonyl (C=O) groups excluding carboxylic acids is 2. The van der Waals surface area contributed by atoms with Crippen molar-refractivity contribution in [2.24, 2.45) is 0 Å². The van der Waals surface area contributed by atoms with Crippen molar-refractivity contribution in [1.29, 1.82) is 0 Å². The zero-order valence-corrected chi connectivity index (χ0v) is 20.1. The molecule has 2 amide bonds. The molecular formula is C23H22BrN3O2S2. The second-order valence-corrected chi connectivity index (χ2v) is 9.93. The summed E-state index contributed by atoms with van der Waals surface area (Å²) in [5, 5.41) is 0. The number of thiocarbonyl (C=S) groups is 1. The minimum absolute atomic E-state index is 0.0673. The van der Waals surface area contributed by atoms with Gasteiger partial charge in [-0.2, -0.15) is 0 Å². The Labute approximate surface area is 200 Å². The summed E-state index contributed by atoms with van der Waals surface area (Å²) in [5.41, 5.74) is 2.12. The molecule has 0 bridgehead atoms. The second kappa shape index (κ2) is 9.97. The number of hydrogen-bond acceptors (Lipinski definition) is 5. The van der Waals surface area contributed by atoms with Crippen molar-refractivity contribution in [1.82, 2.24) is 9.80 Å². The molecule has 5 nitrogen and oxygen atoms in total. The zero-order valence-electron chi connectivity index (χ0n) is 16.9. The minimum Gasteiger partial charge on any atom is -0.368 e. The molecule has 0 spiro atoms. The van der Waals surface area contributed by atoms with Crippen LogP contribution in [0.2, 0.25) is 0 Å². The summed E-state index contributed by atoms with van der Waals surface area (Å²) in [6.07, 6.45) is 2.12. The van der Waals surface area contributed by atoms with Gasteiger partial charge in [0.25, 0.3) is 5.91 Å². The predicted molar refractivity (Wildman–Crippen MR) is 134 cm³/mol. The molecule has 2 heterocycles. The van der Waals surface area contributed by atoms with E-state index >= 15 is 0 Å². The van der Waals surface area contributed by atoms with E-state index < -0.39 is 0 Å². The Kier molecular flexibility index (Phi) is 7.09. The average Bonchev–Trinajstić information content (AvgIpc) is 3.05. The average molecular weight is 516 g/mol. The molecule has 0 atom stereocenters. The molecule has 0 unspecified atom stereocenters. The lowest BCUT2D eigenvalue weighted by molar-refractivity contribution is -0.132. The Morgan fingerprint density at radius 3 is 2.52 bits per heavy atom. The van der Waals surface area contributed by atoms with E-state index in [2.05, 4.69) is 33.0 Å². The van der Waals surface area contributed by atoms with Crippen LogP contribution in [0.25, 0.3) is 6.08 Å². The normalized spacial score (nSPS) is 18.2. The van der Waals surface area contributed by atoms with E-state index in [4.69, 9.17) is 12.2 Å². The molecule has 0 aliphatic carbocycles. The summed E-state index contributed by atoms with van der Waals surface area (Å²) in [6.45, 7) is 3.32. The molecule has 31 heavy (non-hydrogen) atoms. The first-order chi connectivity index (χ1) is 15.0. The summed E-state index contributed by atoms with van der Waals surface area (Å²) in [7, 11) is 0. The van der Waals surface area contributed by atoms with Crippen LogP contribution in [0.3, 0.4) is 0 Å². The lowest BCUT2D eigenvalue weighted by atomic mass is 10.2. The molecule has 2 fully saturated rings. The van der Waals surface area contributed by atoms with Crippen LogP contribution in [-0.4, -0.2) is 58.7 Å². The largest absolute Gasteiger partial charge is 0.368 e. The van der Waals surface area contributed by atoms with E-state index in [1.165, 1.54) is 17.4 Å². The van der Waals surface area contributed by atoms with Crippen LogP contribution in [0.5, 0.6) is 0 Å². The van der Waals surface area contributed by atoms with Crippen molar-refractivity contribution in [3.05, 3.63) is 69.5 Å². The molecule has 2 aromatic rings. The maximum Gasteiger partial charge on any atom is 0.266 e. The number of nitrogens with zero attached hydrogens (tertiary/aromatic N) is 3. The van der Waals surface area contributed by atoms with Crippen molar-refractivity contribution in [3.63, 3.8) is 0 Å². The van der Waals surface area contributed by atoms with Gasteiger partial charge in [-0.3, -0.25) is 14.5 Å². The highest BCUT2D eigenvalue weighted by atomic mass is 79.9. The summed E-state index contributed by atoms with van der Waals surface area (Å²) in [5.74, 6) is -0.0607.